The molecular formula is C24H17BrClNO3S. The second kappa shape index (κ2) is 9.64. The lowest BCUT2D eigenvalue weighted by molar-refractivity contribution is 0.0733. The first-order chi connectivity index (χ1) is 15.0. The fourth-order valence-corrected chi connectivity index (χ4v) is 4.57. The molecule has 0 saturated carbocycles. The van der Waals surface area contributed by atoms with E-state index >= 15 is 0 Å². The highest BCUT2D eigenvalue weighted by molar-refractivity contribution is 9.10. The Labute approximate surface area is 197 Å². The van der Waals surface area contributed by atoms with Crippen LogP contribution in [-0.2, 0) is 0 Å². The summed E-state index contributed by atoms with van der Waals surface area (Å²) < 4.78 is 13.3. The number of ether oxygens (including phenoxy) is 2. The number of esters is 1. The molecule has 0 unspecified atom stereocenters. The highest BCUT2D eigenvalue weighted by Gasteiger charge is 2.20. The van der Waals surface area contributed by atoms with Crippen molar-refractivity contribution < 1.29 is 14.3 Å². The summed E-state index contributed by atoms with van der Waals surface area (Å²) in [7, 11) is 0. The van der Waals surface area contributed by atoms with E-state index in [0.717, 1.165) is 25.8 Å². The SMILES string of the molecule is CCOc1cc(C=Nc2ccc(Br)cc2)ccc1OC(=O)c1sc2ccccc2c1Cl. The lowest BCUT2D eigenvalue weighted by Crippen LogP contribution is -2.08. The Balaban J connectivity index is 1.58. The molecule has 0 amide bonds. The van der Waals surface area contributed by atoms with Gasteiger partial charge in [0, 0.05) is 20.8 Å². The summed E-state index contributed by atoms with van der Waals surface area (Å²) in [6, 6.07) is 20.6. The zero-order chi connectivity index (χ0) is 21.8. The fraction of sp³-hybridized carbons (Fsp3) is 0.0833. The lowest BCUT2D eigenvalue weighted by atomic mass is 10.2. The quantitative estimate of drug-likeness (QED) is 0.151. The van der Waals surface area contributed by atoms with Crippen molar-refractivity contribution in [1.29, 1.82) is 0 Å². The Morgan fingerprint density at radius 1 is 1.10 bits per heavy atom. The number of carbonyl (C=O) groups is 1. The summed E-state index contributed by atoms with van der Waals surface area (Å²) in [6.45, 7) is 2.30. The van der Waals surface area contributed by atoms with E-state index in [4.69, 9.17) is 21.1 Å². The van der Waals surface area contributed by atoms with Crippen molar-refractivity contribution in [3.8, 4) is 11.5 Å². The standard InChI is InChI=1S/C24H17BrClNO3S/c1-2-29-20-13-15(14-27-17-10-8-16(25)9-11-17)7-12-19(20)30-24(28)23-22(26)18-5-3-4-6-21(18)31-23/h3-14H,2H2,1H3. The molecule has 1 heterocycles. The van der Waals surface area contributed by atoms with Crippen LogP contribution < -0.4 is 9.47 Å². The van der Waals surface area contributed by atoms with Crippen molar-refractivity contribution in [3.05, 3.63) is 86.7 Å². The molecule has 4 rings (SSSR count). The van der Waals surface area contributed by atoms with Gasteiger partial charge < -0.3 is 9.47 Å². The number of aliphatic imine (C=N–C) groups is 1. The van der Waals surface area contributed by atoms with E-state index in [1.165, 1.54) is 11.3 Å². The van der Waals surface area contributed by atoms with Crippen LogP contribution in [0, 0.1) is 0 Å². The smallest absolute Gasteiger partial charge is 0.355 e. The molecule has 31 heavy (non-hydrogen) atoms. The van der Waals surface area contributed by atoms with Crippen LogP contribution in [0.5, 0.6) is 11.5 Å². The largest absolute Gasteiger partial charge is 0.490 e. The highest BCUT2D eigenvalue weighted by Crippen LogP contribution is 2.37. The number of thiophene rings is 1. The summed E-state index contributed by atoms with van der Waals surface area (Å²) in [5.41, 5.74) is 1.65. The minimum Gasteiger partial charge on any atom is -0.490 e. The molecule has 7 heteroatoms. The summed E-state index contributed by atoms with van der Waals surface area (Å²) >= 11 is 11.1. The van der Waals surface area contributed by atoms with E-state index in [1.807, 2.05) is 61.5 Å². The van der Waals surface area contributed by atoms with Gasteiger partial charge in [-0.3, -0.25) is 4.99 Å². The van der Waals surface area contributed by atoms with Gasteiger partial charge in [0.2, 0.25) is 0 Å². The average molecular weight is 515 g/mol. The molecule has 0 N–H and O–H groups in total. The molecule has 156 valence electrons. The van der Waals surface area contributed by atoms with Gasteiger partial charge in [-0.25, -0.2) is 4.79 Å². The van der Waals surface area contributed by atoms with E-state index in [9.17, 15) is 4.79 Å². The van der Waals surface area contributed by atoms with Gasteiger partial charge in [-0.2, -0.15) is 0 Å². The Kier molecular flexibility index (Phi) is 6.70. The number of nitrogens with zero attached hydrogens (tertiary/aromatic N) is 1. The third-order valence-corrected chi connectivity index (χ3v) is 6.56. The third kappa shape index (κ3) is 4.98. The van der Waals surface area contributed by atoms with E-state index in [2.05, 4.69) is 20.9 Å². The maximum absolute atomic E-state index is 12.8. The van der Waals surface area contributed by atoms with Crippen LogP contribution in [0.3, 0.4) is 0 Å². The molecule has 0 aliphatic carbocycles. The number of carbonyl (C=O) groups excluding carboxylic acids is 1. The minimum atomic E-state index is -0.511. The van der Waals surface area contributed by atoms with E-state index in [0.29, 0.717) is 28.0 Å². The monoisotopic (exact) mass is 513 g/mol. The van der Waals surface area contributed by atoms with Crippen molar-refractivity contribution in [2.24, 2.45) is 4.99 Å². The zero-order valence-electron chi connectivity index (χ0n) is 16.5. The summed E-state index contributed by atoms with van der Waals surface area (Å²) in [6.07, 6.45) is 1.74. The minimum absolute atomic E-state index is 0.334. The molecule has 0 aliphatic heterocycles. The summed E-state index contributed by atoms with van der Waals surface area (Å²) in [5, 5.41) is 1.24. The number of hydrogen-bond acceptors (Lipinski definition) is 5. The van der Waals surface area contributed by atoms with Crippen LogP contribution in [0.4, 0.5) is 5.69 Å². The van der Waals surface area contributed by atoms with Crippen molar-refractivity contribution in [1.82, 2.24) is 0 Å². The molecule has 4 nitrogen and oxygen atoms in total. The second-order valence-corrected chi connectivity index (χ2v) is 8.85. The van der Waals surface area contributed by atoms with Gasteiger partial charge in [0.25, 0.3) is 0 Å². The van der Waals surface area contributed by atoms with Crippen LogP contribution in [0.15, 0.2) is 76.2 Å². The molecule has 4 aromatic rings. The van der Waals surface area contributed by atoms with Crippen molar-refractivity contribution in [2.45, 2.75) is 6.92 Å². The topological polar surface area (TPSA) is 47.9 Å². The first-order valence-corrected chi connectivity index (χ1v) is 11.5. The molecule has 1 aromatic heterocycles. The predicted octanol–water partition coefficient (Wildman–Crippen LogP) is 7.69. The first kappa shape index (κ1) is 21.6. The van der Waals surface area contributed by atoms with Crippen LogP contribution in [0.1, 0.15) is 22.2 Å². The average Bonchev–Trinajstić information content (AvgIpc) is 3.12. The lowest BCUT2D eigenvalue weighted by Gasteiger charge is -2.11. The molecule has 0 spiro atoms. The van der Waals surface area contributed by atoms with E-state index in [-0.39, 0.29) is 0 Å². The van der Waals surface area contributed by atoms with Crippen LogP contribution in [0.2, 0.25) is 5.02 Å². The molecule has 3 aromatic carbocycles. The molecule has 0 saturated heterocycles. The molecule has 0 atom stereocenters. The van der Waals surface area contributed by atoms with Gasteiger partial charge in [-0.15, -0.1) is 11.3 Å². The Morgan fingerprint density at radius 2 is 1.87 bits per heavy atom. The fourth-order valence-electron chi connectivity index (χ4n) is 2.93. The molecule has 0 radical (unpaired) electrons. The van der Waals surface area contributed by atoms with Gasteiger partial charge >= 0.3 is 5.97 Å². The van der Waals surface area contributed by atoms with Crippen molar-refractivity contribution >= 4 is 66.8 Å². The van der Waals surface area contributed by atoms with Gasteiger partial charge in [0.05, 0.1) is 17.3 Å². The molecule has 0 fully saturated rings. The van der Waals surface area contributed by atoms with Crippen molar-refractivity contribution in [3.63, 3.8) is 0 Å². The third-order valence-electron chi connectivity index (χ3n) is 4.38. The maximum Gasteiger partial charge on any atom is 0.355 e. The predicted molar refractivity (Wildman–Crippen MR) is 131 cm³/mol. The summed E-state index contributed by atoms with van der Waals surface area (Å²) in [5.74, 6) is 0.289. The normalized spacial score (nSPS) is 11.2. The second-order valence-electron chi connectivity index (χ2n) is 6.50. The van der Waals surface area contributed by atoms with E-state index < -0.39 is 5.97 Å². The maximum atomic E-state index is 12.8. The Bertz CT molecular complexity index is 1270. The van der Waals surface area contributed by atoms with Crippen LogP contribution >= 0.6 is 38.9 Å². The molecule has 0 aliphatic rings. The van der Waals surface area contributed by atoms with Crippen LogP contribution in [0.25, 0.3) is 10.1 Å². The first-order valence-electron chi connectivity index (χ1n) is 9.51. The van der Waals surface area contributed by atoms with Gasteiger partial charge in [-0.1, -0.05) is 45.7 Å². The highest BCUT2D eigenvalue weighted by atomic mass is 79.9. The number of halogens is 2. The summed E-state index contributed by atoms with van der Waals surface area (Å²) in [4.78, 5) is 17.6. The molecule has 0 bridgehead atoms. The Morgan fingerprint density at radius 3 is 2.61 bits per heavy atom. The molecular weight excluding hydrogens is 498 g/mol. The van der Waals surface area contributed by atoms with Crippen molar-refractivity contribution in [2.75, 3.05) is 6.61 Å². The zero-order valence-corrected chi connectivity index (χ0v) is 19.6. The van der Waals surface area contributed by atoms with Crippen LogP contribution in [-0.4, -0.2) is 18.8 Å². The van der Waals surface area contributed by atoms with E-state index in [1.54, 1.807) is 18.3 Å². The number of rotatable bonds is 6. The number of hydrogen-bond donors (Lipinski definition) is 0. The Hall–Kier alpha value is -2.67. The van der Waals surface area contributed by atoms with Gasteiger partial charge in [0.1, 0.15) is 4.88 Å². The van der Waals surface area contributed by atoms with Gasteiger partial charge in [0.15, 0.2) is 11.5 Å². The number of benzene rings is 3. The number of fused-ring (bicyclic) bond motifs is 1. The van der Waals surface area contributed by atoms with Gasteiger partial charge in [-0.05, 0) is 61.0 Å².